The number of hydrogen-bond donors (Lipinski definition) is 2. The van der Waals surface area contributed by atoms with Crippen molar-refractivity contribution < 1.29 is 18.3 Å². The average Bonchev–Trinajstić information content (AvgIpc) is 3.35. The maximum atomic E-state index is 12.9. The van der Waals surface area contributed by atoms with Gasteiger partial charge in [0.25, 0.3) is 0 Å². The molecule has 3 aromatic rings. The number of anilines is 1. The Balaban J connectivity index is 1.48. The van der Waals surface area contributed by atoms with E-state index in [4.69, 9.17) is 16.3 Å². The zero-order valence-corrected chi connectivity index (χ0v) is 18.2. The fraction of sp³-hybridized carbons (Fsp3) is 0.250. The van der Waals surface area contributed by atoms with Crippen molar-refractivity contribution >= 4 is 33.6 Å². The van der Waals surface area contributed by atoms with Gasteiger partial charge >= 0.3 is 0 Å². The van der Waals surface area contributed by atoms with Gasteiger partial charge in [-0.15, -0.1) is 14.9 Å². The Labute approximate surface area is 185 Å². The van der Waals surface area contributed by atoms with Crippen molar-refractivity contribution in [3.05, 3.63) is 65.2 Å². The summed E-state index contributed by atoms with van der Waals surface area (Å²) in [6.07, 6.45) is 1.13. The molecular formula is C20H20ClN5O4S. The van der Waals surface area contributed by atoms with E-state index in [0.29, 0.717) is 35.9 Å². The Kier molecular flexibility index (Phi) is 6.05. The number of hydrogen-bond acceptors (Lipinski definition) is 6. The first kappa shape index (κ1) is 21.4. The van der Waals surface area contributed by atoms with E-state index < -0.39 is 16.4 Å². The quantitative estimate of drug-likeness (QED) is 0.522. The zero-order valence-electron chi connectivity index (χ0n) is 16.6. The molecule has 162 valence electrons. The molecule has 0 fully saturated rings. The van der Waals surface area contributed by atoms with Crippen LogP contribution in [0, 0.1) is 0 Å². The average molecular weight is 462 g/mol. The third-order valence-corrected chi connectivity index (χ3v) is 6.90. The summed E-state index contributed by atoms with van der Waals surface area (Å²) in [5.41, 5.74) is 0.633. The summed E-state index contributed by atoms with van der Waals surface area (Å²) in [5.74, 6) is 1.46. The van der Waals surface area contributed by atoms with E-state index in [1.165, 1.54) is 12.1 Å². The highest BCUT2D eigenvalue weighted by Crippen LogP contribution is 2.29. The van der Waals surface area contributed by atoms with Crippen LogP contribution in [-0.4, -0.2) is 32.3 Å². The maximum absolute atomic E-state index is 12.9. The van der Waals surface area contributed by atoms with Crippen LogP contribution in [0.15, 0.2) is 53.4 Å². The molecular weight excluding hydrogens is 442 g/mol. The highest BCUT2D eigenvalue weighted by Gasteiger charge is 2.33. The van der Waals surface area contributed by atoms with Gasteiger partial charge in [0.2, 0.25) is 5.91 Å². The molecule has 1 aliphatic rings. The molecule has 0 radical (unpaired) electrons. The number of halogens is 1. The summed E-state index contributed by atoms with van der Waals surface area (Å²) in [4.78, 5) is 12.9. The maximum Gasteiger partial charge on any atom is 0.247 e. The lowest BCUT2D eigenvalue weighted by atomic mass is 10.2. The first-order chi connectivity index (χ1) is 14.9. The minimum Gasteiger partial charge on any atom is -0.593 e. The largest absolute Gasteiger partial charge is 0.593 e. The second-order valence-electron chi connectivity index (χ2n) is 6.93. The first-order valence-electron chi connectivity index (χ1n) is 9.51. The molecule has 0 aliphatic carbocycles. The standard InChI is InChI=1S/C20H20ClN5O4S/c1-30-14-8-6-13(7-9-14)23-20(27)16-10-11-18-24-25-19(26(16)18)12-22-31(28,29)17-5-3-2-4-15(17)21/h2-9,16H,10-12H2,1H3,(H2-,22,23,27,28,29). The Morgan fingerprint density at radius 1 is 1.26 bits per heavy atom. The number of ether oxygens (including phenoxy) is 1. The molecule has 0 spiro atoms. The number of rotatable bonds is 7. The van der Waals surface area contributed by atoms with E-state index >= 15 is 0 Å². The van der Waals surface area contributed by atoms with Gasteiger partial charge in [-0.2, -0.15) is 0 Å². The summed E-state index contributed by atoms with van der Waals surface area (Å²) in [7, 11) is -2.28. The van der Waals surface area contributed by atoms with Crippen LogP contribution in [0.25, 0.3) is 0 Å². The minimum atomic E-state index is -3.85. The molecule has 1 aliphatic heterocycles. The smallest absolute Gasteiger partial charge is 0.247 e. The molecule has 2 N–H and O–H groups in total. The summed E-state index contributed by atoms with van der Waals surface area (Å²) < 4.78 is 34.5. The van der Waals surface area contributed by atoms with Crippen LogP contribution >= 0.6 is 11.6 Å². The van der Waals surface area contributed by atoms with Crippen LogP contribution < -0.4 is 14.8 Å². The molecule has 9 nitrogen and oxygen atoms in total. The monoisotopic (exact) mass is 461 g/mol. The minimum absolute atomic E-state index is 0.0216. The molecule has 4 rings (SSSR count). The second-order valence-corrected chi connectivity index (χ2v) is 9.07. The number of carbonyl (C=O) groups excluding carboxylic acids is 1. The van der Waals surface area contributed by atoms with E-state index in [-0.39, 0.29) is 22.4 Å². The zero-order chi connectivity index (χ0) is 22.0. The molecule has 0 saturated heterocycles. The van der Waals surface area contributed by atoms with Crippen molar-refractivity contribution in [2.75, 3.05) is 12.4 Å². The van der Waals surface area contributed by atoms with Crippen molar-refractivity contribution in [2.24, 2.45) is 0 Å². The van der Waals surface area contributed by atoms with Crippen LogP contribution in [0.5, 0.6) is 5.75 Å². The molecule has 2 heterocycles. The highest BCUT2D eigenvalue weighted by atomic mass is 35.5. The lowest BCUT2D eigenvalue weighted by Crippen LogP contribution is -2.32. The van der Waals surface area contributed by atoms with Crippen LogP contribution in [0.1, 0.15) is 24.1 Å². The van der Waals surface area contributed by atoms with Crippen LogP contribution in [0.2, 0.25) is 5.02 Å². The summed E-state index contributed by atoms with van der Waals surface area (Å²) >= 11 is 6.01. The lowest BCUT2D eigenvalue weighted by molar-refractivity contribution is -0.119. The lowest BCUT2D eigenvalue weighted by Gasteiger charge is -2.18. The fourth-order valence-corrected chi connectivity index (χ4v) is 4.95. The molecule has 2 aromatic carbocycles. The number of nitrogens with zero attached hydrogens (tertiary/aromatic N) is 3. The molecule has 1 aromatic heterocycles. The molecule has 31 heavy (non-hydrogen) atoms. The Morgan fingerprint density at radius 3 is 2.71 bits per heavy atom. The van der Waals surface area contributed by atoms with E-state index in [2.05, 4.69) is 20.2 Å². The number of nitrogens with one attached hydrogen (secondary N) is 2. The number of fused-ring (bicyclic) bond motifs is 1. The van der Waals surface area contributed by atoms with Crippen LogP contribution in [0.4, 0.5) is 5.69 Å². The second kappa shape index (κ2) is 8.75. The number of amides is 1. The van der Waals surface area contributed by atoms with Crippen molar-refractivity contribution in [2.45, 2.75) is 30.3 Å². The van der Waals surface area contributed by atoms with Gasteiger partial charge in [-0.1, -0.05) is 27.9 Å². The van der Waals surface area contributed by atoms with Crippen molar-refractivity contribution in [3.63, 3.8) is 0 Å². The van der Waals surface area contributed by atoms with Crippen LogP contribution in [-0.2, 0) is 32.4 Å². The van der Waals surface area contributed by atoms with E-state index in [0.717, 1.165) is 0 Å². The molecule has 11 heteroatoms. The predicted octanol–water partition coefficient (Wildman–Crippen LogP) is 2.76. The van der Waals surface area contributed by atoms with Crippen LogP contribution in [0.3, 0.4) is 0 Å². The molecule has 2 unspecified atom stereocenters. The number of aryl methyl sites for hydroxylation is 1. The van der Waals surface area contributed by atoms with E-state index in [1.807, 2.05) is 0 Å². The van der Waals surface area contributed by atoms with Gasteiger partial charge < -0.3 is 19.2 Å². The highest BCUT2D eigenvalue weighted by molar-refractivity contribution is 7.95. The summed E-state index contributed by atoms with van der Waals surface area (Å²) in [6, 6.07) is 12.6. The Bertz CT molecular complexity index is 1150. The van der Waals surface area contributed by atoms with Gasteiger partial charge in [0, 0.05) is 12.1 Å². The number of aromatic nitrogens is 3. The van der Waals surface area contributed by atoms with Gasteiger partial charge in [0.15, 0.2) is 21.1 Å². The van der Waals surface area contributed by atoms with E-state index in [1.54, 1.807) is 48.1 Å². The Morgan fingerprint density at radius 2 is 2.00 bits per heavy atom. The predicted molar refractivity (Wildman–Crippen MR) is 114 cm³/mol. The number of methoxy groups -OCH3 is 1. The van der Waals surface area contributed by atoms with Crippen molar-refractivity contribution in [1.29, 1.82) is 0 Å². The van der Waals surface area contributed by atoms with Gasteiger partial charge in [-0.25, -0.2) is 0 Å². The fourth-order valence-electron chi connectivity index (χ4n) is 3.45. The SMILES string of the molecule is COc1ccc(NC(=O)C2CCc3nnc(CN[S+](=O)([O-])c4ccccc4Cl)n32)cc1. The third kappa shape index (κ3) is 4.47. The molecule has 1 amide bonds. The summed E-state index contributed by atoms with van der Waals surface area (Å²) in [6.45, 7) is -0.118. The van der Waals surface area contributed by atoms with Gasteiger partial charge in [0.1, 0.15) is 24.2 Å². The number of benzene rings is 2. The van der Waals surface area contributed by atoms with Crippen molar-refractivity contribution in [3.8, 4) is 5.75 Å². The molecule has 2 atom stereocenters. The van der Waals surface area contributed by atoms with Gasteiger partial charge in [-0.3, -0.25) is 4.79 Å². The summed E-state index contributed by atoms with van der Waals surface area (Å²) in [5, 5.41) is 11.2. The van der Waals surface area contributed by atoms with Gasteiger partial charge in [0.05, 0.1) is 12.1 Å². The third-order valence-electron chi connectivity index (χ3n) is 5.00. The van der Waals surface area contributed by atoms with Crippen molar-refractivity contribution in [1.82, 2.24) is 19.5 Å². The van der Waals surface area contributed by atoms with Gasteiger partial charge in [-0.05, 0) is 42.8 Å². The number of carbonyl (C=O) groups is 1. The normalized spacial score (nSPS) is 17.1. The number of sulfonamides is 1. The Hall–Kier alpha value is -2.79. The molecule has 0 saturated carbocycles. The molecule has 0 bridgehead atoms. The van der Waals surface area contributed by atoms with E-state index in [9.17, 15) is 13.6 Å². The first-order valence-corrected chi connectivity index (χ1v) is 11.4. The topological polar surface area (TPSA) is 121 Å².